The Bertz CT molecular complexity index is 468. The summed E-state index contributed by atoms with van der Waals surface area (Å²) in [5.74, 6) is -2.02. The molecule has 1 aromatic carbocycles. The number of anilines is 1. The van der Waals surface area contributed by atoms with Gasteiger partial charge in [0.2, 0.25) is 5.91 Å². The number of halogens is 2. The van der Waals surface area contributed by atoms with Crippen LogP contribution in [-0.4, -0.2) is 11.4 Å². The van der Waals surface area contributed by atoms with Gasteiger partial charge in [0.15, 0.2) is 0 Å². The fraction of sp³-hybridized carbons (Fsp3) is 0.500. The lowest BCUT2D eigenvalue weighted by Gasteiger charge is -2.37. The average molecular weight is 268 g/mol. The quantitative estimate of drug-likeness (QED) is 0.866. The van der Waals surface area contributed by atoms with Crippen molar-refractivity contribution < 1.29 is 13.6 Å². The summed E-state index contributed by atoms with van der Waals surface area (Å²) in [4.78, 5) is 12.2. The molecule has 1 aliphatic rings. The monoisotopic (exact) mass is 268 g/mol. The van der Waals surface area contributed by atoms with Gasteiger partial charge in [0, 0.05) is 17.3 Å². The first-order chi connectivity index (χ1) is 8.88. The zero-order valence-corrected chi connectivity index (χ0v) is 10.9. The number of amides is 1. The number of hydrogen-bond donors (Lipinski definition) is 2. The Kier molecular flexibility index (Phi) is 3.85. The van der Waals surface area contributed by atoms with Crippen LogP contribution in [0.2, 0.25) is 0 Å². The first kappa shape index (κ1) is 13.9. The predicted molar refractivity (Wildman–Crippen MR) is 69.5 cm³/mol. The third kappa shape index (κ3) is 3.29. The Morgan fingerprint density at radius 3 is 2.53 bits per heavy atom. The molecule has 2 rings (SSSR count). The van der Waals surface area contributed by atoms with Crippen molar-refractivity contribution >= 4 is 11.6 Å². The van der Waals surface area contributed by atoms with Gasteiger partial charge in [-0.2, -0.15) is 0 Å². The van der Waals surface area contributed by atoms with E-state index in [4.69, 9.17) is 5.73 Å². The molecule has 0 saturated heterocycles. The molecule has 104 valence electrons. The van der Waals surface area contributed by atoms with Gasteiger partial charge in [-0.3, -0.25) is 4.79 Å². The normalized spacial score (nSPS) is 27.1. The molecular weight excluding hydrogens is 250 g/mol. The summed E-state index contributed by atoms with van der Waals surface area (Å²) in [5.41, 5.74) is 5.69. The largest absolute Gasteiger partial charge is 0.326 e. The second-order valence-corrected chi connectivity index (χ2v) is 5.45. The number of nitrogens with one attached hydrogen (secondary N) is 1. The van der Waals surface area contributed by atoms with E-state index < -0.39 is 17.2 Å². The summed E-state index contributed by atoms with van der Waals surface area (Å²) < 4.78 is 26.1. The molecule has 0 aliphatic heterocycles. The summed E-state index contributed by atoms with van der Waals surface area (Å²) in [7, 11) is 0. The van der Waals surface area contributed by atoms with Crippen molar-refractivity contribution in [2.45, 2.75) is 38.1 Å². The molecule has 1 fully saturated rings. The third-order valence-electron chi connectivity index (χ3n) is 3.70. The predicted octanol–water partition coefficient (Wildman–Crippen LogP) is 2.81. The number of rotatable bonds is 2. The van der Waals surface area contributed by atoms with Gasteiger partial charge in [0.05, 0.1) is 5.92 Å². The van der Waals surface area contributed by atoms with Crippen LogP contribution in [0, 0.1) is 17.6 Å². The highest BCUT2D eigenvalue weighted by molar-refractivity contribution is 5.93. The van der Waals surface area contributed by atoms with E-state index in [-0.39, 0.29) is 17.5 Å². The van der Waals surface area contributed by atoms with Crippen molar-refractivity contribution in [3.8, 4) is 0 Å². The zero-order valence-electron chi connectivity index (χ0n) is 10.9. The van der Waals surface area contributed by atoms with Crippen molar-refractivity contribution in [2.75, 3.05) is 5.32 Å². The lowest BCUT2D eigenvalue weighted by Crippen LogP contribution is -2.51. The zero-order chi connectivity index (χ0) is 14.0. The van der Waals surface area contributed by atoms with Crippen molar-refractivity contribution in [1.29, 1.82) is 0 Å². The molecule has 1 amide bonds. The van der Waals surface area contributed by atoms with Crippen LogP contribution in [0.4, 0.5) is 14.5 Å². The minimum Gasteiger partial charge on any atom is -0.326 e. The van der Waals surface area contributed by atoms with Crippen LogP contribution < -0.4 is 11.1 Å². The maximum atomic E-state index is 13.1. The van der Waals surface area contributed by atoms with Crippen molar-refractivity contribution in [3.63, 3.8) is 0 Å². The molecule has 0 heterocycles. The minimum atomic E-state index is -0.713. The molecule has 0 bridgehead atoms. The standard InChI is InChI=1S/C14H18F2N2O/c1-14(17)5-3-2-4-12(14)13(19)18-11-7-9(15)6-10(16)8-11/h6-8,12H,2-5,17H2,1H3,(H,18,19). The van der Waals surface area contributed by atoms with E-state index in [1.165, 1.54) is 0 Å². The average Bonchev–Trinajstić information content (AvgIpc) is 2.26. The Labute approximate surface area is 111 Å². The first-order valence-electron chi connectivity index (χ1n) is 6.44. The summed E-state index contributed by atoms with van der Waals surface area (Å²) in [5, 5.41) is 2.55. The molecule has 0 radical (unpaired) electrons. The molecule has 19 heavy (non-hydrogen) atoms. The Balaban J connectivity index is 2.12. The number of nitrogens with two attached hydrogens (primary N) is 1. The summed E-state index contributed by atoms with van der Waals surface area (Å²) >= 11 is 0. The van der Waals surface area contributed by atoms with Crippen LogP contribution in [0.1, 0.15) is 32.6 Å². The summed E-state index contributed by atoms with van der Waals surface area (Å²) in [6.45, 7) is 1.85. The molecule has 2 unspecified atom stereocenters. The van der Waals surface area contributed by atoms with E-state index in [0.717, 1.165) is 37.5 Å². The summed E-state index contributed by atoms with van der Waals surface area (Å²) in [6, 6.07) is 2.96. The van der Waals surface area contributed by atoms with Crippen molar-refractivity contribution in [3.05, 3.63) is 29.8 Å². The lowest BCUT2D eigenvalue weighted by molar-refractivity contribution is -0.122. The SMILES string of the molecule is CC1(N)CCCCC1C(=O)Nc1cc(F)cc(F)c1. The molecule has 5 heteroatoms. The van der Waals surface area contributed by atoms with Gasteiger partial charge in [-0.05, 0) is 31.9 Å². The van der Waals surface area contributed by atoms with Crippen LogP contribution in [0.25, 0.3) is 0 Å². The third-order valence-corrected chi connectivity index (χ3v) is 3.70. The van der Waals surface area contributed by atoms with Gasteiger partial charge >= 0.3 is 0 Å². The lowest BCUT2D eigenvalue weighted by atomic mass is 9.74. The van der Waals surface area contributed by atoms with E-state index in [0.29, 0.717) is 6.42 Å². The fourth-order valence-corrected chi connectivity index (χ4v) is 2.64. The highest BCUT2D eigenvalue weighted by Crippen LogP contribution is 2.32. The molecule has 3 N–H and O–H groups in total. The van der Waals surface area contributed by atoms with Crippen molar-refractivity contribution in [1.82, 2.24) is 0 Å². The second kappa shape index (κ2) is 5.25. The fourth-order valence-electron chi connectivity index (χ4n) is 2.64. The molecular formula is C14H18F2N2O. The topological polar surface area (TPSA) is 55.1 Å². The molecule has 1 saturated carbocycles. The maximum absolute atomic E-state index is 13.1. The number of carbonyl (C=O) groups excluding carboxylic acids is 1. The van der Waals surface area contributed by atoms with E-state index in [1.807, 2.05) is 6.92 Å². The van der Waals surface area contributed by atoms with Gasteiger partial charge in [0.25, 0.3) is 0 Å². The van der Waals surface area contributed by atoms with E-state index in [2.05, 4.69) is 5.32 Å². The van der Waals surface area contributed by atoms with Crippen LogP contribution in [-0.2, 0) is 4.79 Å². The first-order valence-corrected chi connectivity index (χ1v) is 6.44. The number of benzene rings is 1. The molecule has 1 aliphatic carbocycles. The highest BCUT2D eigenvalue weighted by Gasteiger charge is 2.37. The van der Waals surface area contributed by atoms with Gasteiger partial charge in [-0.1, -0.05) is 12.8 Å². The highest BCUT2D eigenvalue weighted by atomic mass is 19.1. The molecule has 0 aromatic heterocycles. The molecule has 0 spiro atoms. The summed E-state index contributed by atoms with van der Waals surface area (Å²) in [6.07, 6.45) is 3.44. The minimum absolute atomic E-state index is 0.129. The number of hydrogen-bond acceptors (Lipinski definition) is 2. The molecule has 2 atom stereocenters. The smallest absolute Gasteiger partial charge is 0.229 e. The van der Waals surface area contributed by atoms with E-state index >= 15 is 0 Å². The van der Waals surface area contributed by atoms with Crippen molar-refractivity contribution in [2.24, 2.45) is 11.7 Å². The van der Waals surface area contributed by atoms with Crippen LogP contribution >= 0.6 is 0 Å². The van der Waals surface area contributed by atoms with E-state index in [9.17, 15) is 13.6 Å². The van der Waals surface area contributed by atoms with E-state index in [1.54, 1.807) is 0 Å². The van der Waals surface area contributed by atoms with Crippen LogP contribution in [0.5, 0.6) is 0 Å². The second-order valence-electron chi connectivity index (χ2n) is 5.45. The number of carbonyl (C=O) groups is 1. The van der Waals surface area contributed by atoms with Crippen LogP contribution in [0.3, 0.4) is 0 Å². The Hall–Kier alpha value is -1.49. The molecule has 1 aromatic rings. The van der Waals surface area contributed by atoms with Gasteiger partial charge in [-0.15, -0.1) is 0 Å². The molecule has 3 nitrogen and oxygen atoms in total. The van der Waals surface area contributed by atoms with Gasteiger partial charge in [0.1, 0.15) is 11.6 Å². The van der Waals surface area contributed by atoms with Crippen LogP contribution in [0.15, 0.2) is 18.2 Å². The maximum Gasteiger partial charge on any atom is 0.229 e. The van der Waals surface area contributed by atoms with Gasteiger partial charge in [-0.25, -0.2) is 8.78 Å². The van der Waals surface area contributed by atoms with Gasteiger partial charge < -0.3 is 11.1 Å². The Morgan fingerprint density at radius 1 is 1.32 bits per heavy atom. The Morgan fingerprint density at radius 2 is 1.95 bits per heavy atom.